The largest absolute Gasteiger partial charge is 0.480 e. The van der Waals surface area contributed by atoms with Crippen molar-refractivity contribution in [3.8, 4) is 11.5 Å². The van der Waals surface area contributed by atoms with Gasteiger partial charge in [-0.05, 0) is 30.7 Å². The zero-order chi connectivity index (χ0) is 17.0. The van der Waals surface area contributed by atoms with Crippen LogP contribution in [0.5, 0.6) is 11.5 Å². The van der Waals surface area contributed by atoms with Crippen molar-refractivity contribution >= 4 is 11.9 Å². The molecular weight excluding hydrogens is 302 g/mol. The molecule has 0 amide bonds. The Morgan fingerprint density at radius 2 is 1.87 bits per heavy atom. The van der Waals surface area contributed by atoms with Gasteiger partial charge < -0.3 is 18.9 Å². The molecule has 0 radical (unpaired) electrons. The van der Waals surface area contributed by atoms with Gasteiger partial charge in [-0.1, -0.05) is 6.07 Å². The number of hydrogen-bond donors (Lipinski definition) is 1. The first-order chi connectivity index (χ1) is 10.9. The van der Waals surface area contributed by atoms with E-state index < -0.39 is 23.8 Å². The Hall–Kier alpha value is -2.38. The van der Waals surface area contributed by atoms with Gasteiger partial charge in [-0.3, -0.25) is 15.3 Å². The van der Waals surface area contributed by atoms with Crippen LogP contribution in [-0.4, -0.2) is 24.8 Å². The van der Waals surface area contributed by atoms with Crippen LogP contribution in [0.25, 0.3) is 0 Å². The van der Waals surface area contributed by atoms with Crippen LogP contribution >= 0.6 is 0 Å². The molecule has 0 saturated heterocycles. The smallest absolute Gasteiger partial charge is 0.308 e. The highest BCUT2D eigenvalue weighted by molar-refractivity contribution is 5.73. The lowest BCUT2D eigenvalue weighted by molar-refractivity contribution is -0.134. The Kier molecular flexibility index (Phi) is 5.02. The highest BCUT2D eigenvalue weighted by Gasteiger charge is 2.42. The average molecular weight is 321 g/mol. The van der Waals surface area contributed by atoms with E-state index >= 15 is 0 Å². The number of benzene rings is 1. The van der Waals surface area contributed by atoms with E-state index in [1.807, 2.05) is 6.92 Å². The van der Waals surface area contributed by atoms with Crippen LogP contribution in [0.15, 0.2) is 30.5 Å². The molecule has 0 bridgehead atoms. The van der Waals surface area contributed by atoms with Crippen LogP contribution in [0.3, 0.4) is 0 Å². The fraction of sp³-hybridized carbons (Fsp3) is 0.375. The summed E-state index contributed by atoms with van der Waals surface area (Å²) < 4.78 is 21.2. The molecule has 2 atom stereocenters. The van der Waals surface area contributed by atoms with Gasteiger partial charge in [0.05, 0.1) is 6.26 Å². The summed E-state index contributed by atoms with van der Waals surface area (Å²) in [5.74, 6) is -0.814. The molecule has 1 unspecified atom stereocenters. The first-order valence-corrected chi connectivity index (χ1v) is 7.13. The molecule has 1 aromatic rings. The molecule has 2 N–H and O–H groups in total. The predicted octanol–water partition coefficient (Wildman–Crippen LogP) is 1.60. The second-order valence-corrected chi connectivity index (χ2v) is 4.93. The highest BCUT2D eigenvalue weighted by atomic mass is 16.6. The first-order valence-electron chi connectivity index (χ1n) is 7.13. The molecule has 0 saturated carbocycles. The Bertz CT molecular complexity index is 641. The third-order valence-corrected chi connectivity index (χ3v) is 3.25. The summed E-state index contributed by atoms with van der Waals surface area (Å²) in [5, 5.41) is 0. The second kappa shape index (κ2) is 6.80. The van der Waals surface area contributed by atoms with E-state index in [0.717, 1.165) is 0 Å². The maximum Gasteiger partial charge on any atom is 0.308 e. The molecule has 7 heteroatoms. The molecule has 0 fully saturated rings. The van der Waals surface area contributed by atoms with Crippen LogP contribution in [0, 0.1) is 0 Å². The summed E-state index contributed by atoms with van der Waals surface area (Å²) in [4.78, 5) is 22.5. The lowest BCUT2D eigenvalue weighted by atomic mass is 9.92. The summed E-state index contributed by atoms with van der Waals surface area (Å²) in [6, 6.07) is 4.75. The Labute approximate surface area is 134 Å². The molecule has 2 rings (SSSR count). The normalized spacial score (nSPS) is 22.5. The summed E-state index contributed by atoms with van der Waals surface area (Å²) >= 11 is 0. The van der Waals surface area contributed by atoms with E-state index in [9.17, 15) is 9.59 Å². The van der Waals surface area contributed by atoms with Gasteiger partial charge in [0.2, 0.25) is 0 Å². The number of esters is 2. The molecule has 1 heterocycles. The van der Waals surface area contributed by atoms with Gasteiger partial charge >= 0.3 is 11.9 Å². The summed E-state index contributed by atoms with van der Waals surface area (Å²) in [6.45, 7) is 4.75. The number of carbonyl (C=O) groups excluding carboxylic acids is 2. The Morgan fingerprint density at radius 1 is 1.22 bits per heavy atom. The van der Waals surface area contributed by atoms with Crippen LogP contribution < -0.4 is 15.2 Å². The third-order valence-electron chi connectivity index (χ3n) is 3.25. The molecule has 1 aliphatic rings. The van der Waals surface area contributed by atoms with Crippen LogP contribution in [0.4, 0.5) is 0 Å². The Morgan fingerprint density at radius 3 is 2.39 bits per heavy atom. The fourth-order valence-electron chi connectivity index (χ4n) is 2.36. The van der Waals surface area contributed by atoms with Crippen molar-refractivity contribution in [2.45, 2.75) is 32.6 Å². The minimum atomic E-state index is -1.00. The Balaban J connectivity index is 2.48. The van der Waals surface area contributed by atoms with E-state index in [0.29, 0.717) is 12.2 Å². The first kappa shape index (κ1) is 17.0. The van der Waals surface area contributed by atoms with Crippen molar-refractivity contribution in [3.05, 3.63) is 36.1 Å². The van der Waals surface area contributed by atoms with Gasteiger partial charge in [0, 0.05) is 20.5 Å². The minimum absolute atomic E-state index is 0.108. The van der Waals surface area contributed by atoms with E-state index in [1.165, 1.54) is 26.2 Å². The molecule has 23 heavy (non-hydrogen) atoms. The van der Waals surface area contributed by atoms with Crippen molar-refractivity contribution in [3.63, 3.8) is 0 Å². The predicted molar refractivity (Wildman–Crippen MR) is 80.6 cm³/mol. The molecule has 0 spiro atoms. The third kappa shape index (κ3) is 3.52. The molecule has 124 valence electrons. The van der Waals surface area contributed by atoms with Gasteiger partial charge in [0.1, 0.15) is 0 Å². The average Bonchev–Trinajstić information content (AvgIpc) is 2.82. The number of carbonyl (C=O) groups is 2. The molecule has 1 aliphatic heterocycles. The summed E-state index contributed by atoms with van der Waals surface area (Å²) in [5.41, 5.74) is 5.62. The number of ether oxygens (including phenoxy) is 4. The van der Waals surface area contributed by atoms with Crippen molar-refractivity contribution in [2.75, 3.05) is 6.61 Å². The van der Waals surface area contributed by atoms with E-state index in [1.54, 1.807) is 18.2 Å². The maximum absolute atomic E-state index is 11.3. The van der Waals surface area contributed by atoms with Crippen molar-refractivity contribution in [1.82, 2.24) is 0 Å². The monoisotopic (exact) mass is 321 g/mol. The molecule has 0 aliphatic carbocycles. The zero-order valence-corrected chi connectivity index (χ0v) is 13.2. The SMILES string of the molecule is CCOC1(c2ccc(OC(C)=O)c(OC(C)=O)c2)C=CO[C@@H]1N. The lowest BCUT2D eigenvalue weighted by Gasteiger charge is -2.31. The van der Waals surface area contributed by atoms with Crippen molar-refractivity contribution < 1.29 is 28.5 Å². The van der Waals surface area contributed by atoms with Gasteiger partial charge in [0.15, 0.2) is 23.3 Å². The second-order valence-electron chi connectivity index (χ2n) is 4.93. The molecule has 7 nitrogen and oxygen atoms in total. The van der Waals surface area contributed by atoms with E-state index in [4.69, 9.17) is 24.7 Å². The summed E-state index contributed by atoms with van der Waals surface area (Å²) in [6.07, 6.45) is 2.41. The summed E-state index contributed by atoms with van der Waals surface area (Å²) in [7, 11) is 0. The van der Waals surface area contributed by atoms with Gasteiger partial charge in [0.25, 0.3) is 0 Å². The number of hydrogen-bond acceptors (Lipinski definition) is 7. The topological polar surface area (TPSA) is 97.1 Å². The zero-order valence-electron chi connectivity index (χ0n) is 13.2. The minimum Gasteiger partial charge on any atom is -0.480 e. The highest BCUT2D eigenvalue weighted by Crippen LogP contribution is 2.39. The van der Waals surface area contributed by atoms with Crippen LogP contribution in [0.2, 0.25) is 0 Å². The van der Waals surface area contributed by atoms with Gasteiger partial charge in [-0.25, -0.2) is 0 Å². The maximum atomic E-state index is 11.3. The molecule has 0 aromatic heterocycles. The van der Waals surface area contributed by atoms with Crippen molar-refractivity contribution in [1.29, 1.82) is 0 Å². The van der Waals surface area contributed by atoms with E-state index in [-0.39, 0.29) is 11.5 Å². The standard InChI is InChI=1S/C16H19NO6/c1-4-21-16(7-8-20-15(16)17)12-5-6-13(22-10(2)18)14(9-12)23-11(3)19/h5-9,15H,4,17H2,1-3H3/t15-,16?/m0/s1. The quantitative estimate of drug-likeness (QED) is 0.650. The fourth-order valence-corrected chi connectivity index (χ4v) is 2.36. The van der Waals surface area contributed by atoms with Crippen LogP contribution in [0.1, 0.15) is 26.3 Å². The van der Waals surface area contributed by atoms with Gasteiger partial charge in [-0.2, -0.15) is 0 Å². The molecular formula is C16H19NO6. The number of nitrogens with two attached hydrogens (primary N) is 1. The van der Waals surface area contributed by atoms with Crippen molar-refractivity contribution in [2.24, 2.45) is 5.73 Å². The lowest BCUT2D eigenvalue weighted by Crippen LogP contribution is -2.44. The molecule has 1 aromatic carbocycles. The number of rotatable bonds is 5. The van der Waals surface area contributed by atoms with E-state index in [2.05, 4.69) is 0 Å². The van der Waals surface area contributed by atoms with Gasteiger partial charge in [-0.15, -0.1) is 0 Å². The van der Waals surface area contributed by atoms with Crippen LogP contribution in [-0.2, 0) is 24.7 Å².